The highest BCUT2D eigenvalue weighted by molar-refractivity contribution is 5.89. The minimum Gasteiger partial charge on any atom is -0.478 e. The summed E-state index contributed by atoms with van der Waals surface area (Å²) in [6.45, 7) is 1.48. The van der Waals surface area contributed by atoms with E-state index >= 15 is 0 Å². The molecule has 0 unspecified atom stereocenters. The molecular weight excluding hydrogens is 294 g/mol. The third-order valence-corrected chi connectivity index (χ3v) is 3.76. The molecule has 1 aliphatic heterocycles. The molecule has 0 amide bonds. The van der Waals surface area contributed by atoms with Crippen molar-refractivity contribution in [3.05, 3.63) is 52.4 Å². The lowest BCUT2D eigenvalue weighted by atomic mass is 9.95. The maximum Gasteiger partial charge on any atom is 0.336 e. The Morgan fingerprint density at radius 3 is 2.95 bits per heavy atom. The minimum atomic E-state index is -2.65. The maximum absolute atomic E-state index is 12.5. The van der Waals surface area contributed by atoms with Crippen LogP contribution in [0.15, 0.2) is 28.8 Å². The van der Waals surface area contributed by atoms with Crippen molar-refractivity contribution in [2.45, 2.75) is 25.9 Å². The summed E-state index contributed by atoms with van der Waals surface area (Å²) in [5.74, 6) is -0.607. The van der Waals surface area contributed by atoms with Gasteiger partial charge >= 0.3 is 5.97 Å². The third-order valence-electron chi connectivity index (χ3n) is 3.76. The lowest BCUT2D eigenvalue weighted by Crippen LogP contribution is -2.31. The van der Waals surface area contributed by atoms with E-state index in [0.717, 1.165) is 11.1 Å². The number of carboxylic acid groups (broad SMARTS) is 1. The van der Waals surface area contributed by atoms with Gasteiger partial charge in [0.05, 0.1) is 12.1 Å². The van der Waals surface area contributed by atoms with E-state index in [0.29, 0.717) is 31.8 Å². The molecule has 3 rings (SSSR count). The largest absolute Gasteiger partial charge is 0.478 e. The molecule has 1 aromatic carbocycles. The summed E-state index contributed by atoms with van der Waals surface area (Å²) < 4.78 is 29.9. The molecule has 5 nitrogen and oxygen atoms in total. The second-order valence-corrected chi connectivity index (χ2v) is 5.23. The normalized spacial score (nSPS) is 15.0. The molecule has 22 heavy (non-hydrogen) atoms. The Kier molecular flexibility index (Phi) is 3.89. The van der Waals surface area contributed by atoms with Crippen LogP contribution in [0.1, 0.15) is 39.4 Å². The van der Waals surface area contributed by atoms with Crippen LogP contribution in [0.4, 0.5) is 8.78 Å². The van der Waals surface area contributed by atoms with Crippen molar-refractivity contribution < 1.29 is 23.2 Å². The number of carboxylic acids is 1. The molecule has 116 valence electrons. The maximum atomic E-state index is 12.5. The average molecular weight is 308 g/mol. The average Bonchev–Trinajstić information content (AvgIpc) is 2.95. The predicted molar refractivity (Wildman–Crippen MR) is 72.7 cm³/mol. The summed E-state index contributed by atoms with van der Waals surface area (Å²) in [6.07, 6.45) is -1.94. The number of carbonyl (C=O) groups is 1. The van der Waals surface area contributed by atoms with Gasteiger partial charge in [0.15, 0.2) is 5.76 Å². The van der Waals surface area contributed by atoms with Crippen molar-refractivity contribution in [2.75, 3.05) is 6.54 Å². The lowest BCUT2D eigenvalue weighted by molar-refractivity contribution is 0.0693. The third kappa shape index (κ3) is 2.85. The Morgan fingerprint density at radius 2 is 2.27 bits per heavy atom. The highest BCUT2D eigenvalue weighted by atomic mass is 19.3. The lowest BCUT2D eigenvalue weighted by Gasteiger charge is -2.28. The number of halogens is 2. The topological polar surface area (TPSA) is 66.6 Å². The molecule has 0 bridgehead atoms. The quantitative estimate of drug-likeness (QED) is 0.940. The van der Waals surface area contributed by atoms with Crippen molar-refractivity contribution in [1.29, 1.82) is 0 Å². The summed E-state index contributed by atoms with van der Waals surface area (Å²) in [5.41, 5.74) is 1.70. The number of fused-ring (bicyclic) bond motifs is 1. The molecule has 0 saturated carbocycles. The van der Waals surface area contributed by atoms with E-state index in [2.05, 4.69) is 5.16 Å². The van der Waals surface area contributed by atoms with E-state index in [1.807, 2.05) is 11.0 Å². The number of hydrogen-bond donors (Lipinski definition) is 1. The number of benzene rings is 1. The fourth-order valence-electron chi connectivity index (χ4n) is 2.70. The smallest absolute Gasteiger partial charge is 0.336 e. The van der Waals surface area contributed by atoms with Gasteiger partial charge < -0.3 is 9.63 Å². The summed E-state index contributed by atoms with van der Waals surface area (Å²) in [5, 5.41) is 12.6. The summed E-state index contributed by atoms with van der Waals surface area (Å²) in [6, 6.07) is 6.48. The second-order valence-electron chi connectivity index (χ2n) is 5.23. The molecule has 0 fully saturated rings. The molecule has 1 N–H and O–H groups in total. The fourth-order valence-corrected chi connectivity index (χ4v) is 2.70. The monoisotopic (exact) mass is 308 g/mol. The van der Waals surface area contributed by atoms with Gasteiger partial charge in [-0.25, -0.2) is 13.6 Å². The molecule has 2 heterocycles. The number of rotatable bonds is 4. The van der Waals surface area contributed by atoms with Crippen LogP contribution in [0.5, 0.6) is 0 Å². The summed E-state index contributed by atoms with van der Waals surface area (Å²) in [7, 11) is 0. The molecule has 2 aromatic rings. The van der Waals surface area contributed by atoms with Gasteiger partial charge in [-0.05, 0) is 23.6 Å². The molecule has 0 radical (unpaired) electrons. The molecule has 0 spiro atoms. The predicted octanol–water partition coefficient (Wildman–Crippen LogP) is 2.87. The van der Waals surface area contributed by atoms with Crippen LogP contribution < -0.4 is 0 Å². The standard InChI is InChI=1S/C15H14F2N2O3/c16-14(17)13-6-10(22-18-13)7-19-5-4-9-2-1-3-11(15(20)21)12(9)8-19/h1-3,6,14H,4-5,7-8H2,(H,20,21). The zero-order valence-electron chi connectivity index (χ0n) is 11.6. The molecule has 0 aliphatic carbocycles. The zero-order chi connectivity index (χ0) is 15.7. The van der Waals surface area contributed by atoms with E-state index in [9.17, 15) is 18.7 Å². The molecule has 1 aromatic heterocycles. The van der Waals surface area contributed by atoms with Crippen LogP contribution in [-0.2, 0) is 19.5 Å². The van der Waals surface area contributed by atoms with Gasteiger partial charge in [-0.15, -0.1) is 0 Å². The van der Waals surface area contributed by atoms with Crippen molar-refractivity contribution in [3.63, 3.8) is 0 Å². The highest BCUT2D eigenvalue weighted by Gasteiger charge is 2.23. The van der Waals surface area contributed by atoms with Crippen molar-refractivity contribution in [3.8, 4) is 0 Å². The number of nitrogens with zero attached hydrogens (tertiary/aromatic N) is 2. The van der Waals surface area contributed by atoms with E-state index in [-0.39, 0.29) is 11.3 Å². The first kappa shape index (κ1) is 14.6. The van der Waals surface area contributed by atoms with Crippen molar-refractivity contribution >= 4 is 5.97 Å². The molecule has 7 heteroatoms. The first-order valence-corrected chi connectivity index (χ1v) is 6.84. The molecular formula is C15H14F2N2O3. The van der Waals surface area contributed by atoms with Crippen LogP contribution in [0.3, 0.4) is 0 Å². The van der Waals surface area contributed by atoms with E-state index in [4.69, 9.17) is 4.52 Å². The van der Waals surface area contributed by atoms with Crippen LogP contribution >= 0.6 is 0 Å². The van der Waals surface area contributed by atoms with Gasteiger partial charge in [-0.1, -0.05) is 17.3 Å². The van der Waals surface area contributed by atoms with Crippen molar-refractivity contribution in [2.24, 2.45) is 0 Å². The molecule has 1 aliphatic rings. The van der Waals surface area contributed by atoms with Crippen LogP contribution in [0.25, 0.3) is 0 Å². The Hall–Kier alpha value is -2.28. The summed E-state index contributed by atoms with van der Waals surface area (Å²) in [4.78, 5) is 13.2. The molecule has 0 atom stereocenters. The van der Waals surface area contributed by atoms with Crippen LogP contribution in [0, 0.1) is 0 Å². The minimum absolute atomic E-state index is 0.285. The second kappa shape index (κ2) is 5.84. The fraction of sp³-hybridized carbons (Fsp3) is 0.333. The SMILES string of the molecule is O=C(O)c1cccc2c1CN(Cc1cc(C(F)F)no1)CC2. The molecule has 0 saturated heterocycles. The number of aromatic carboxylic acids is 1. The van der Waals surface area contributed by atoms with E-state index in [1.54, 1.807) is 12.1 Å². The highest BCUT2D eigenvalue weighted by Crippen LogP contribution is 2.25. The van der Waals surface area contributed by atoms with E-state index in [1.165, 1.54) is 6.07 Å². The first-order chi connectivity index (χ1) is 10.5. The Morgan fingerprint density at radius 1 is 1.45 bits per heavy atom. The first-order valence-electron chi connectivity index (χ1n) is 6.84. The van der Waals surface area contributed by atoms with Gasteiger partial charge in [0.1, 0.15) is 5.69 Å². The van der Waals surface area contributed by atoms with Gasteiger partial charge in [-0.3, -0.25) is 4.90 Å². The van der Waals surface area contributed by atoms with Crippen LogP contribution in [-0.4, -0.2) is 27.7 Å². The van der Waals surface area contributed by atoms with Crippen LogP contribution in [0.2, 0.25) is 0 Å². The van der Waals surface area contributed by atoms with Gasteiger partial charge in [0.2, 0.25) is 0 Å². The number of aromatic nitrogens is 1. The Bertz CT molecular complexity index is 700. The number of alkyl halides is 2. The van der Waals surface area contributed by atoms with E-state index < -0.39 is 12.4 Å². The summed E-state index contributed by atoms with van der Waals surface area (Å²) >= 11 is 0. The Labute approximate surface area is 125 Å². The number of hydrogen-bond acceptors (Lipinski definition) is 4. The van der Waals surface area contributed by atoms with Gasteiger partial charge in [0.25, 0.3) is 6.43 Å². The Balaban J connectivity index is 1.77. The van der Waals surface area contributed by atoms with Gasteiger partial charge in [0, 0.05) is 19.2 Å². The van der Waals surface area contributed by atoms with Crippen molar-refractivity contribution in [1.82, 2.24) is 10.1 Å². The van der Waals surface area contributed by atoms with Gasteiger partial charge in [-0.2, -0.15) is 0 Å². The zero-order valence-corrected chi connectivity index (χ0v) is 11.6.